The van der Waals surface area contributed by atoms with Crippen LogP contribution in [0, 0.1) is 11.8 Å². The molecule has 0 bridgehead atoms. The minimum Gasteiger partial charge on any atom is -0.465 e. The summed E-state index contributed by atoms with van der Waals surface area (Å²) < 4.78 is 6.67. The van der Waals surface area contributed by atoms with Gasteiger partial charge in [0.15, 0.2) is 0 Å². The average molecular weight is 299 g/mol. The van der Waals surface area contributed by atoms with Crippen molar-refractivity contribution in [2.75, 3.05) is 6.61 Å². The number of hydrogen-bond donors (Lipinski definition) is 1. The molecule has 1 N–H and O–H groups in total. The minimum atomic E-state index is -0.393. The van der Waals surface area contributed by atoms with Gasteiger partial charge in [-0.05, 0) is 23.8 Å². The molecule has 0 saturated carbocycles. The van der Waals surface area contributed by atoms with Crippen LogP contribution < -0.4 is 5.32 Å². The molecule has 1 aromatic heterocycles. The second-order valence-electron chi connectivity index (χ2n) is 5.36. The van der Waals surface area contributed by atoms with Crippen LogP contribution in [0.25, 0.3) is 5.69 Å². The fourth-order valence-electron chi connectivity index (χ4n) is 2.42. The van der Waals surface area contributed by atoms with Gasteiger partial charge >= 0.3 is 5.97 Å². The van der Waals surface area contributed by atoms with E-state index in [9.17, 15) is 9.59 Å². The van der Waals surface area contributed by atoms with Crippen molar-refractivity contribution in [1.82, 2.24) is 15.1 Å². The lowest BCUT2D eigenvalue weighted by Crippen LogP contribution is -2.33. The summed E-state index contributed by atoms with van der Waals surface area (Å²) in [4.78, 5) is 23.4. The van der Waals surface area contributed by atoms with Crippen LogP contribution in [-0.2, 0) is 20.9 Å². The van der Waals surface area contributed by atoms with Crippen LogP contribution in [0.2, 0.25) is 0 Å². The Balaban J connectivity index is 1.58. The van der Waals surface area contributed by atoms with Gasteiger partial charge in [-0.3, -0.25) is 9.59 Å². The number of esters is 1. The van der Waals surface area contributed by atoms with Crippen molar-refractivity contribution in [2.24, 2.45) is 11.8 Å². The Labute approximate surface area is 128 Å². The van der Waals surface area contributed by atoms with Crippen LogP contribution in [0.5, 0.6) is 0 Å². The number of rotatable bonds is 4. The third-order valence-corrected chi connectivity index (χ3v) is 3.89. The van der Waals surface area contributed by atoms with E-state index in [1.807, 2.05) is 36.5 Å². The zero-order valence-corrected chi connectivity index (χ0v) is 12.2. The molecule has 1 aliphatic heterocycles. The van der Waals surface area contributed by atoms with Crippen molar-refractivity contribution >= 4 is 11.9 Å². The number of ether oxygens (including phenoxy) is 1. The molecule has 1 aromatic carbocycles. The summed E-state index contributed by atoms with van der Waals surface area (Å²) in [5, 5.41) is 7.01. The van der Waals surface area contributed by atoms with Crippen molar-refractivity contribution in [3.8, 4) is 5.69 Å². The summed E-state index contributed by atoms with van der Waals surface area (Å²) in [5.74, 6) is -1.21. The number of cyclic esters (lactones) is 1. The molecule has 2 aromatic rings. The highest BCUT2D eigenvalue weighted by Crippen LogP contribution is 2.21. The van der Waals surface area contributed by atoms with Crippen molar-refractivity contribution < 1.29 is 14.3 Å². The first-order chi connectivity index (χ1) is 10.6. The monoisotopic (exact) mass is 299 g/mol. The van der Waals surface area contributed by atoms with E-state index in [0.29, 0.717) is 6.54 Å². The third-order valence-electron chi connectivity index (χ3n) is 3.89. The van der Waals surface area contributed by atoms with E-state index in [0.717, 1.165) is 11.3 Å². The number of carbonyl (C=O) groups excluding carboxylic acids is 2. The third kappa shape index (κ3) is 2.86. The fourth-order valence-corrected chi connectivity index (χ4v) is 2.42. The van der Waals surface area contributed by atoms with E-state index in [1.165, 1.54) is 0 Å². The summed E-state index contributed by atoms with van der Waals surface area (Å²) in [6.45, 7) is 2.32. The van der Waals surface area contributed by atoms with Crippen LogP contribution in [0.3, 0.4) is 0 Å². The molecular weight excluding hydrogens is 282 g/mol. The average Bonchev–Trinajstić information content (AvgIpc) is 3.17. The van der Waals surface area contributed by atoms with Crippen molar-refractivity contribution in [3.05, 3.63) is 48.3 Å². The molecule has 114 valence electrons. The molecule has 1 fully saturated rings. The molecule has 0 aliphatic carbocycles. The van der Waals surface area contributed by atoms with Gasteiger partial charge < -0.3 is 10.1 Å². The molecule has 0 spiro atoms. The molecule has 6 heteroatoms. The van der Waals surface area contributed by atoms with Gasteiger partial charge in [0.05, 0.1) is 17.5 Å². The number of nitrogens with one attached hydrogen (secondary N) is 1. The molecule has 22 heavy (non-hydrogen) atoms. The summed E-state index contributed by atoms with van der Waals surface area (Å²) in [6.07, 6.45) is 3.59. The number of benzene rings is 1. The maximum atomic E-state index is 12.1. The Hall–Kier alpha value is -2.63. The molecule has 3 rings (SSSR count). The molecular formula is C16H17N3O3. The predicted octanol–water partition coefficient (Wildman–Crippen LogP) is 1.30. The van der Waals surface area contributed by atoms with E-state index in [4.69, 9.17) is 4.74 Å². The summed E-state index contributed by atoms with van der Waals surface area (Å²) in [6, 6.07) is 9.63. The smallest absolute Gasteiger partial charge is 0.309 e. The lowest BCUT2D eigenvalue weighted by atomic mass is 9.97. The van der Waals surface area contributed by atoms with Crippen LogP contribution in [0.15, 0.2) is 42.7 Å². The number of aromatic nitrogens is 2. The molecule has 6 nitrogen and oxygen atoms in total. The van der Waals surface area contributed by atoms with E-state index < -0.39 is 5.92 Å². The lowest BCUT2D eigenvalue weighted by Gasteiger charge is -2.12. The SMILES string of the molecule is C[C@@H]1C(=O)OC[C@@H]1C(=O)NCc1ccc(-n2cccn2)cc1. The minimum absolute atomic E-state index is 0.144. The van der Waals surface area contributed by atoms with Gasteiger partial charge in [0, 0.05) is 18.9 Å². The Morgan fingerprint density at radius 3 is 2.77 bits per heavy atom. The molecule has 1 aliphatic rings. The highest BCUT2D eigenvalue weighted by atomic mass is 16.5. The van der Waals surface area contributed by atoms with E-state index >= 15 is 0 Å². The summed E-state index contributed by atoms with van der Waals surface area (Å²) >= 11 is 0. The maximum Gasteiger partial charge on any atom is 0.309 e. The maximum absolute atomic E-state index is 12.1. The van der Waals surface area contributed by atoms with Crippen LogP contribution in [0.1, 0.15) is 12.5 Å². The van der Waals surface area contributed by atoms with Crippen LogP contribution in [0.4, 0.5) is 0 Å². The first-order valence-corrected chi connectivity index (χ1v) is 7.18. The van der Waals surface area contributed by atoms with Gasteiger partial charge in [-0.2, -0.15) is 5.10 Å². The van der Waals surface area contributed by atoms with Gasteiger partial charge in [-0.15, -0.1) is 0 Å². The molecule has 2 atom stereocenters. The first-order valence-electron chi connectivity index (χ1n) is 7.18. The number of amides is 1. The Bertz CT molecular complexity index is 664. The summed E-state index contributed by atoms with van der Waals surface area (Å²) in [5.41, 5.74) is 1.95. The van der Waals surface area contributed by atoms with Crippen molar-refractivity contribution in [3.63, 3.8) is 0 Å². The van der Waals surface area contributed by atoms with Crippen molar-refractivity contribution in [2.45, 2.75) is 13.5 Å². The highest BCUT2D eigenvalue weighted by molar-refractivity contribution is 5.87. The first kappa shape index (κ1) is 14.3. The Morgan fingerprint density at radius 2 is 2.18 bits per heavy atom. The molecule has 1 saturated heterocycles. The van der Waals surface area contributed by atoms with Gasteiger partial charge in [-0.1, -0.05) is 19.1 Å². The number of hydrogen-bond acceptors (Lipinski definition) is 4. The van der Waals surface area contributed by atoms with E-state index in [-0.39, 0.29) is 24.4 Å². The normalized spacial score (nSPS) is 20.7. The van der Waals surface area contributed by atoms with Gasteiger partial charge in [-0.25, -0.2) is 4.68 Å². The fraction of sp³-hybridized carbons (Fsp3) is 0.312. The van der Waals surface area contributed by atoms with E-state index in [1.54, 1.807) is 17.8 Å². The van der Waals surface area contributed by atoms with Gasteiger partial charge in [0.2, 0.25) is 5.91 Å². The quantitative estimate of drug-likeness (QED) is 0.864. The highest BCUT2D eigenvalue weighted by Gasteiger charge is 2.37. The number of nitrogens with zero attached hydrogens (tertiary/aromatic N) is 2. The van der Waals surface area contributed by atoms with Crippen LogP contribution in [-0.4, -0.2) is 28.3 Å². The predicted molar refractivity (Wildman–Crippen MR) is 79.0 cm³/mol. The summed E-state index contributed by atoms with van der Waals surface area (Å²) in [7, 11) is 0. The van der Waals surface area contributed by atoms with Crippen LogP contribution >= 0.6 is 0 Å². The van der Waals surface area contributed by atoms with Crippen molar-refractivity contribution in [1.29, 1.82) is 0 Å². The Morgan fingerprint density at radius 1 is 1.41 bits per heavy atom. The Kier molecular flexibility index (Phi) is 3.91. The second-order valence-corrected chi connectivity index (χ2v) is 5.36. The molecule has 0 radical (unpaired) electrons. The van der Waals surface area contributed by atoms with E-state index in [2.05, 4.69) is 10.4 Å². The lowest BCUT2D eigenvalue weighted by molar-refractivity contribution is -0.141. The molecule has 0 unspecified atom stereocenters. The molecule has 1 amide bonds. The zero-order chi connectivity index (χ0) is 15.5. The molecule has 2 heterocycles. The van der Waals surface area contributed by atoms with Gasteiger partial charge in [0.1, 0.15) is 6.61 Å². The second kappa shape index (κ2) is 6.01. The largest absolute Gasteiger partial charge is 0.465 e. The zero-order valence-electron chi connectivity index (χ0n) is 12.2. The van der Waals surface area contributed by atoms with Gasteiger partial charge in [0.25, 0.3) is 0 Å². The number of carbonyl (C=O) groups is 2. The topological polar surface area (TPSA) is 73.2 Å². The standard InChI is InChI=1S/C16H17N3O3/c1-11-14(10-22-16(11)21)15(20)17-9-12-3-5-13(6-4-12)19-8-2-7-18-19/h2-8,11,14H,9-10H2,1H3,(H,17,20)/t11-,14-/m0/s1.